The summed E-state index contributed by atoms with van der Waals surface area (Å²) >= 11 is 0. The molecule has 0 amide bonds. The lowest BCUT2D eigenvalue weighted by molar-refractivity contribution is 0.0965. The number of benzene rings is 3. The third-order valence-electron chi connectivity index (χ3n) is 5.63. The molecule has 7 heteroatoms. The topological polar surface area (TPSA) is 79.7 Å². The SMILES string of the molecule is COc1cc(Cc2cc(-c3ccccc3)nn(CC(=O)c3ccccc3)c2=O)cc(OC)c1OC. The van der Waals surface area contributed by atoms with E-state index in [4.69, 9.17) is 14.2 Å². The molecule has 1 heterocycles. The van der Waals surface area contributed by atoms with E-state index in [1.54, 1.807) is 44.6 Å². The van der Waals surface area contributed by atoms with Crippen molar-refractivity contribution < 1.29 is 19.0 Å². The first-order chi connectivity index (χ1) is 17.0. The third kappa shape index (κ3) is 5.24. The van der Waals surface area contributed by atoms with Gasteiger partial charge in [-0.05, 0) is 23.8 Å². The van der Waals surface area contributed by atoms with Crippen LogP contribution in [0.5, 0.6) is 17.2 Å². The van der Waals surface area contributed by atoms with Crippen molar-refractivity contribution in [3.8, 4) is 28.5 Å². The molecule has 0 N–H and O–H groups in total. The van der Waals surface area contributed by atoms with E-state index in [2.05, 4.69) is 5.10 Å². The number of rotatable bonds is 9. The molecular formula is C28H26N2O5. The van der Waals surface area contributed by atoms with Crippen molar-refractivity contribution in [3.05, 3.63) is 106 Å². The first kappa shape index (κ1) is 23.8. The normalized spacial score (nSPS) is 10.6. The molecule has 0 unspecified atom stereocenters. The smallest absolute Gasteiger partial charge is 0.270 e. The van der Waals surface area contributed by atoms with Gasteiger partial charge in [0.2, 0.25) is 5.75 Å². The molecule has 0 saturated heterocycles. The van der Waals surface area contributed by atoms with Gasteiger partial charge < -0.3 is 14.2 Å². The predicted molar refractivity (Wildman–Crippen MR) is 134 cm³/mol. The van der Waals surface area contributed by atoms with Crippen molar-refractivity contribution in [2.45, 2.75) is 13.0 Å². The van der Waals surface area contributed by atoms with Gasteiger partial charge in [0, 0.05) is 23.1 Å². The summed E-state index contributed by atoms with van der Waals surface area (Å²) in [6.07, 6.45) is 0.289. The molecule has 0 aliphatic carbocycles. The molecule has 0 spiro atoms. The molecule has 0 aliphatic heterocycles. The van der Waals surface area contributed by atoms with Crippen molar-refractivity contribution in [1.82, 2.24) is 9.78 Å². The summed E-state index contributed by atoms with van der Waals surface area (Å²) in [5.74, 6) is 1.28. The fourth-order valence-corrected chi connectivity index (χ4v) is 3.89. The molecule has 4 aromatic rings. The molecule has 0 bridgehead atoms. The standard InChI is InChI=1S/C28H26N2O5/c1-33-25-15-19(16-26(34-2)27(25)35-3)14-22-17-23(20-10-6-4-7-11-20)29-30(28(22)32)18-24(31)21-12-8-5-9-13-21/h4-13,15-17H,14,18H2,1-3H3. The maximum atomic E-state index is 13.4. The Morgan fingerprint density at radius 3 is 2.00 bits per heavy atom. The van der Waals surface area contributed by atoms with Crippen LogP contribution in [0.25, 0.3) is 11.3 Å². The predicted octanol–water partition coefficient (Wildman–Crippen LogP) is 4.41. The fraction of sp³-hybridized carbons (Fsp3) is 0.179. The minimum absolute atomic E-state index is 0.161. The Balaban J connectivity index is 1.79. The lowest BCUT2D eigenvalue weighted by Gasteiger charge is -2.15. The summed E-state index contributed by atoms with van der Waals surface area (Å²) in [4.78, 5) is 26.3. The summed E-state index contributed by atoms with van der Waals surface area (Å²) in [5.41, 5.74) is 2.94. The molecule has 0 saturated carbocycles. The Morgan fingerprint density at radius 1 is 0.829 bits per heavy atom. The fourth-order valence-electron chi connectivity index (χ4n) is 3.89. The summed E-state index contributed by atoms with van der Waals surface area (Å²) in [7, 11) is 4.63. The summed E-state index contributed by atoms with van der Waals surface area (Å²) in [6, 6.07) is 23.8. The average Bonchev–Trinajstić information content (AvgIpc) is 2.91. The lowest BCUT2D eigenvalue weighted by Crippen LogP contribution is -2.30. The number of methoxy groups -OCH3 is 3. The Bertz CT molecular complexity index is 1360. The molecule has 0 fully saturated rings. The number of ketones is 1. The van der Waals surface area contributed by atoms with Crippen LogP contribution in [-0.4, -0.2) is 36.9 Å². The highest BCUT2D eigenvalue weighted by molar-refractivity contribution is 5.95. The van der Waals surface area contributed by atoms with Gasteiger partial charge in [0.1, 0.15) is 6.54 Å². The number of nitrogens with zero attached hydrogens (tertiary/aromatic N) is 2. The van der Waals surface area contributed by atoms with Crippen LogP contribution in [0.2, 0.25) is 0 Å². The van der Waals surface area contributed by atoms with E-state index in [1.807, 2.05) is 48.5 Å². The van der Waals surface area contributed by atoms with E-state index in [1.165, 1.54) is 11.8 Å². The largest absolute Gasteiger partial charge is 0.493 e. The molecule has 0 radical (unpaired) electrons. The van der Waals surface area contributed by atoms with E-state index < -0.39 is 0 Å². The van der Waals surface area contributed by atoms with Gasteiger partial charge in [-0.15, -0.1) is 0 Å². The van der Waals surface area contributed by atoms with E-state index in [9.17, 15) is 9.59 Å². The Morgan fingerprint density at radius 2 is 1.43 bits per heavy atom. The summed E-state index contributed by atoms with van der Waals surface area (Å²) in [5, 5.41) is 4.52. The number of ether oxygens (including phenoxy) is 3. The van der Waals surface area contributed by atoms with Gasteiger partial charge in [0.05, 0.1) is 27.0 Å². The molecular weight excluding hydrogens is 444 g/mol. The van der Waals surface area contributed by atoms with Crippen LogP contribution >= 0.6 is 0 Å². The van der Waals surface area contributed by atoms with Crippen LogP contribution in [0.15, 0.2) is 83.7 Å². The zero-order chi connectivity index (χ0) is 24.8. The first-order valence-electron chi connectivity index (χ1n) is 11.1. The molecule has 3 aromatic carbocycles. The molecule has 4 rings (SSSR count). The van der Waals surface area contributed by atoms with Crippen molar-refractivity contribution >= 4 is 5.78 Å². The van der Waals surface area contributed by atoms with Gasteiger partial charge in [0.25, 0.3) is 5.56 Å². The van der Waals surface area contributed by atoms with Crippen molar-refractivity contribution in [1.29, 1.82) is 0 Å². The second kappa shape index (κ2) is 10.7. The van der Waals surface area contributed by atoms with Crippen LogP contribution in [-0.2, 0) is 13.0 Å². The minimum atomic E-state index is -0.331. The Labute approximate surface area is 203 Å². The number of hydrogen-bond acceptors (Lipinski definition) is 6. The first-order valence-corrected chi connectivity index (χ1v) is 11.1. The maximum Gasteiger partial charge on any atom is 0.270 e. The molecule has 35 heavy (non-hydrogen) atoms. The highest BCUT2D eigenvalue weighted by atomic mass is 16.5. The number of Topliss-reactive ketones (excluding diaryl/α,β-unsaturated/α-hetero) is 1. The number of hydrogen-bond donors (Lipinski definition) is 0. The van der Waals surface area contributed by atoms with Gasteiger partial charge in [-0.2, -0.15) is 5.10 Å². The van der Waals surface area contributed by atoms with Crippen LogP contribution in [0.4, 0.5) is 0 Å². The molecule has 178 valence electrons. The zero-order valence-corrected chi connectivity index (χ0v) is 19.9. The lowest BCUT2D eigenvalue weighted by atomic mass is 10.0. The van der Waals surface area contributed by atoms with Gasteiger partial charge in [-0.1, -0.05) is 60.7 Å². The molecule has 7 nitrogen and oxygen atoms in total. The van der Waals surface area contributed by atoms with Crippen molar-refractivity contribution in [2.75, 3.05) is 21.3 Å². The molecule has 0 aliphatic rings. The van der Waals surface area contributed by atoms with Gasteiger partial charge >= 0.3 is 0 Å². The monoisotopic (exact) mass is 470 g/mol. The van der Waals surface area contributed by atoms with Gasteiger partial charge in [0.15, 0.2) is 17.3 Å². The number of aromatic nitrogens is 2. The minimum Gasteiger partial charge on any atom is -0.493 e. The van der Waals surface area contributed by atoms with Gasteiger partial charge in [-0.25, -0.2) is 4.68 Å². The Kier molecular flexibility index (Phi) is 7.26. The van der Waals surface area contributed by atoms with E-state index in [0.29, 0.717) is 34.1 Å². The second-order valence-electron chi connectivity index (χ2n) is 7.88. The quantitative estimate of drug-likeness (QED) is 0.337. The number of carbonyl (C=O) groups is 1. The van der Waals surface area contributed by atoms with E-state index >= 15 is 0 Å². The molecule has 0 atom stereocenters. The maximum absolute atomic E-state index is 13.4. The van der Waals surface area contributed by atoms with Crippen molar-refractivity contribution in [2.24, 2.45) is 0 Å². The Hall–Kier alpha value is -4.39. The van der Waals surface area contributed by atoms with Gasteiger partial charge in [-0.3, -0.25) is 9.59 Å². The van der Waals surface area contributed by atoms with E-state index in [0.717, 1.165) is 11.1 Å². The van der Waals surface area contributed by atoms with E-state index in [-0.39, 0.29) is 24.3 Å². The summed E-state index contributed by atoms with van der Waals surface area (Å²) in [6.45, 7) is -0.161. The van der Waals surface area contributed by atoms with Crippen LogP contribution in [0.1, 0.15) is 21.5 Å². The van der Waals surface area contributed by atoms with Crippen LogP contribution in [0, 0.1) is 0 Å². The average molecular weight is 471 g/mol. The number of carbonyl (C=O) groups excluding carboxylic acids is 1. The zero-order valence-electron chi connectivity index (χ0n) is 19.9. The highest BCUT2D eigenvalue weighted by Gasteiger charge is 2.17. The van der Waals surface area contributed by atoms with Crippen LogP contribution < -0.4 is 19.8 Å². The van der Waals surface area contributed by atoms with Crippen molar-refractivity contribution in [3.63, 3.8) is 0 Å². The third-order valence-corrected chi connectivity index (χ3v) is 5.63. The summed E-state index contributed by atoms with van der Waals surface area (Å²) < 4.78 is 17.6. The van der Waals surface area contributed by atoms with Crippen LogP contribution in [0.3, 0.4) is 0 Å². The second-order valence-corrected chi connectivity index (χ2v) is 7.88. The highest BCUT2D eigenvalue weighted by Crippen LogP contribution is 2.38. The molecule has 1 aromatic heterocycles.